The van der Waals surface area contributed by atoms with Crippen LogP contribution in [0.2, 0.25) is 0 Å². The highest BCUT2D eigenvalue weighted by atomic mass is 32.2. The summed E-state index contributed by atoms with van der Waals surface area (Å²) in [5, 5.41) is 3.30. The van der Waals surface area contributed by atoms with Crippen molar-refractivity contribution in [3.63, 3.8) is 0 Å². The minimum Gasteiger partial charge on any atom is -0.326 e. The predicted molar refractivity (Wildman–Crippen MR) is 80.3 cm³/mol. The smallest absolute Gasteiger partial charge is 0.207 e. The van der Waals surface area contributed by atoms with E-state index in [2.05, 4.69) is 17.2 Å². The van der Waals surface area contributed by atoms with Crippen molar-refractivity contribution in [2.24, 2.45) is 0 Å². The zero-order valence-corrected chi connectivity index (χ0v) is 12.3. The second-order valence-corrected chi connectivity index (χ2v) is 6.17. The monoisotopic (exact) mass is 277 g/mol. The van der Waals surface area contributed by atoms with Gasteiger partial charge in [0.05, 0.1) is 5.69 Å². The van der Waals surface area contributed by atoms with Crippen LogP contribution in [-0.4, -0.2) is 25.8 Å². The number of aromatic nitrogens is 2. The molecule has 0 amide bonds. The van der Waals surface area contributed by atoms with Gasteiger partial charge in [0.15, 0.2) is 0 Å². The molecule has 5 heteroatoms. The van der Waals surface area contributed by atoms with Gasteiger partial charge >= 0.3 is 0 Å². The number of benzene rings is 1. The van der Waals surface area contributed by atoms with E-state index in [9.17, 15) is 4.21 Å². The summed E-state index contributed by atoms with van der Waals surface area (Å²) in [5.74, 6) is 1.42. The van der Waals surface area contributed by atoms with Gasteiger partial charge in [-0.05, 0) is 26.0 Å². The van der Waals surface area contributed by atoms with Gasteiger partial charge in [-0.15, -0.1) is 0 Å². The van der Waals surface area contributed by atoms with E-state index in [1.54, 1.807) is 6.26 Å². The maximum absolute atomic E-state index is 11.4. The van der Waals surface area contributed by atoms with Crippen LogP contribution in [-0.2, 0) is 10.8 Å². The molecule has 2 rings (SSSR count). The molecule has 0 radical (unpaired) electrons. The first-order valence-corrected chi connectivity index (χ1v) is 7.96. The number of anilines is 2. The molecule has 0 saturated carbocycles. The van der Waals surface area contributed by atoms with Crippen LogP contribution in [0.1, 0.15) is 18.7 Å². The topological polar surface area (TPSA) is 46.9 Å². The summed E-state index contributed by atoms with van der Waals surface area (Å²) in [6.45, 7) is 4.01. The molecule has 0 aliphatic rings. The lowest BCUT2D eigenvalue weighted by molar-refractivity contribution is 0.603. The van der Waals surface area contributed by atoms with Crippen LogP contribution in [0.15, 0.2) is 36.5 Å². The molecule has 0 saturated heterocycles. The van der Waals surface area contributed by atoms with Gasteiger partial charge in [-0.1, -0.05) is 18.2 Å². The summed E-state index contributed by atoms with van der Waals surface area (Å²) >= 11 is 0. The van der Waals surface area contributed by atoms with Crippen molar-refractivity contribution >= 4 is 22.4 Å². The van der Waals surface area contributed by atoms with Gasteiger partial charge in [-0.3, -0.25) is 4.21 Å². The van der Waals surface area contributed by atoms with Crippen LogP contribution in [0, 0.1) is 6.92 Å². The molecule has 0 aliphatic heterocycles. The van der Waals surface area contributed by atoms with Gasteiger partial charge in [0.1, 0.15) is 0 Å². The molecule has 102 valence electrons. The fraction of sp³-hybridized carbons (Fsp3) is 0.357. The molecule has 0 bridgehead atoms. The lowest BCUT2D eigenvalue weighted by Gasteiger charge is -2.15. The number of aryl methyl sites for hydroxylation is 1. The average Bonchev–Trinajstić information content (AvgIpc) is 2.71. The third-order valence-electron chi connectivity index (χ3n) is 2.83. The molecule has 4 nitrogen and oxygen atoms in total. The highest BCUT2D eigenvalue weighted by Crippen LogP contribution is 2.20. The van der Waals surface area contributed by atoms with Gasteiger partial charge in [-0.2, -0.15) is 0 Å². The Balaban J connectivity index is 2.23. The highest BCUT2D eigenvalue weighted by Gasteiger charge is 2.13. The molecule has 0 fully saturated rings. The number of imidazole rings is 1. The predicted octanol–water partition coefficient (Wildman–Crippen LogP) is 2.87. The number of para-hydroxylation sites is 1. The first kappa shape index (κ1) is 13.8. The van der Waals surface area contributed by atoms with Crippen molar-refractivity contribution < 1.29 is 4.21 Å². The van der Waals surface area contributed by atoms with Crippen LogP contribution in [0.5, 0.6) is 0 Å². The standard InChI is InChI=1S/C14H19N3OS/c1-11-9-17(12(2)10-19(3)18)14(15-11)16-13-7-5-4-6-8-13/h4-9,12H,10H2,1-3H3,(H,15,16). The number of nitrogens with one attached hydrogen (secondary N) is 1. The third kappa shape index (κ3) is 3.67. The van der Waals surface area contributed by atoms with E-state index in [1.807, 2.05) is 48.0 Å². The summed E-state index contributed by atoms with van der Waals surface area (Å²) in [7, 11) is -0.818. The zero-order chi connectivity index (χ0) is 13.8. The number of hydrogen-bond acceptors (Lipinski definition) is 3. The Morgan fingerprint density at radius 2 is 2.05 bits per heavy atom. The number of nitrogens with zero attached hydrogens (tertiary/aromatic N) is 2. The van der Waals surface area contributed by atoms with Crippen molar-refractivity contribution in [1.29, 1.82) is 0 Å². The van der Waals surface area contributed by atoms with E-state index in [4.69, 9.17) is 0 Å². The second-order valence-electron chi connectivity index (χ2n) is 4.69. The van der Waals surface area contributed by atoms with Gasteiger partial charge < -0.3 is 9.88 Å². The van der Waals surface area contributed by atoms with Gasteiger partial charge in [0.25, 0.3) is 0 Å². The quantitative estimate of drug-likeness (QED) is 0.914. The van der Waals surface area contributed by atoms with Crippen LogP contribution in [0.25, 0.3) is 0 Å². The Hall–Kier alpha value is -1.62. The summed E-state index contributed by atoms with van der Waals surface area (Å²) in [6, 6.07) is 10.1. The third-order valence-corrected chi connectivity index (χ3v) is 3.79. The van der Waals surface area contributed by atoms with Crippen molar-refractivity contribution in [2.45, 2.75) is 19.9 Å². The maximum Gasteiger partial charge on any atom is 0.207 e. The lowest BCUT2D eigenvalue weighted by Crippen LogP contribution is -2.14. The second kappa shape index (κ2) is 6.02. The van der Waals surface area contributed by atoms with Crippen LogP contribution in [0.3, 0.4) is 0 Å². The van der Waals surface area contributed by atoms with Crippen LogP contribution in [0.4, 0.5) is 11.6 Å². The van der Waals surface area contributed by atoms with E-state index >= 15 is 0 Å². The van der Waals surface area contributed by atoms with Crippen molar-refractivity contribution in [1.82, 2.24) is 9.55 Å². The first-order chi connectivity index (χ1) is 9.06. The van der Waals surface area contributed by atoms with Crippen molar-refractivity contribution in [2.75, 3.05) is 17.3 Å². The highest BCUT2D eigenvalue weighted by molar-refractivity contribution is 7.84. The van der Waals surface area contributed by atoms with Crippen LogP contribution < -0.4 is 5.32 Å². The molecule has 2 atom stereocenters. The maximum atomic E-state index is 11.4. The van der Waals surface area contributed by atoms with Crippen molar-refractivity contribution in [3.05, 3.63) is 42.2 Å². The van der Waals surface area contributed by atoms with E-state index in [-0.39, 0.29) is 6.04 Å². The summed E-state index contributed by atoms with van der Waals surface area (Å²) in [6.07, 6.45) is 3.72. The number of hydrogen-bond donors (Lipinski definition) is 1. The molecule has 19 heavy (non-hydrogen) atoms. The summed E-state index contributed by atoms with van der Waals surface area (Å²) in [5.41, 5.74) is 1.95. The van der Waals surface area contributed by atoms with Crippen molar-refractivity contribution in [3.8, 4) is 0 Å². The summed E-state index contributed by atoms with van der Waals surface area (Å²) in [4.78, 5) is 4.49. The molecule has 2 aromatic rings. The fourth-order valence-electron chi connectivity index (χ4n) is 2.02. The SMILES string of the molecule is Cc1cn(C(C)CS(C)=O)c(Nc2ccccc2)n1. The Morgan fingerprint density at radius 1 is 1.37 bits per heavy atom. The molecular weight excluding hydrogens is 258 g/mol. The largest absolute Gasteiger partial charge is 0.326 e. The van der Waals surface area contributed by atoms with E-state index in [0.29, 0.717) is 5.75 Å². The van der Waals surface area contributed by atoms with E-state index in [1.165, 1.54) is 0 Å². The molecule has 1 heterocycles. The van der Waals surface area contributed by atoms with E-state index in [0.717, 1.165) is 17.3 Å². The molecule has 1 aromatic heterocycles. The molecule has 2 unspecified atom stereocenters. The first-order valence-electron chi connectivity index (χ1n) is 6.24. The molecule has 0 aliphatic carbocycles. The molecule has 1 aromatic carbocycles. The normalized spacial score (nSPS) is 14.1. The Labute approximate surface area is 116 Å². The Kier molecular flexibility index (Phi) is 4.37. The van der Waals surface area contributed by atoms with Gasteiger partial charge in [0, 0.05) is 40.7 Å². The molecular formula is C14H19N3OS. The molecule has 1 N–H and O–H groups in total. The average molecular weight is 277 g/mol. The van der Waals surface area contributed by atoms with Gasteiger partial charge in [-0.25, -0.2) is 4.98 Å². The fourth-order valence-corrected chi connectivity index (χ4v) is 2.86. The minimum atomic E-state index is -0.818. The Morgan fingerprint density at radius 3 is 2.68 bits per heavy atom. The minimum absolute atomic E-state index is 0.151. The summed E-state index contributed by atoms with van der Waals surface area (Å²) < 4.78 is 13.4. The number of rotatable bonds is 5. The molecule has 0 spiro atoms. The van der Waals surface area contributed by atoms with E-state index < -0.39 is 10.8 Å². The van der Waals surface area contributed by atoms with Crippen LogP contribution >= 0.6 is 0 Å². The van der Waals surface area contributed by atoms with Gasteiger partial charge in [0.2, 0.25) is 5.95 Å². The Bertz CT molecular complexity index is 565. The zero-order valence-electron chi connectivity index (χ0n) is 11.5. The lowest BCUT2D eigenvalue weighted by atomic mass is 10.3.